The van der Waals surface area contributed by atoms with Crippen LogP contribution in [0.5, 0.6) is 0 Å². The van der Waals surface area contributed by atoms with Gasteiger partial charge in [-0.3, -0.25) is 4.90 Å². The normalized spacial score (nSPS) is 28.1. The Bertz CT molecular complexity index is 802. The summed E-state index contributed by atoms with van der Waals surface area (Å²) in [6.07, 6.45) is 2.00. The van der Waals surface area contributed by atoms with E-state index in [-0.39, 0.29) is 11.9 Å². The van der Waals surface area contributed by atoms with Gasteiger partial charge in [-0.15, -0.1) is 0 Å². The molecule has 0 spiro atoms. The van der Waals surface area contributed by atoms with Crippen LogP contribution in [0.15, 0.2) is 42.5 Å². The molecule has 2 fully saturated rings. The highest BCUT2D eigenvalue weighted by molar-refractivity contribution is 5.46. The van der Waals surface area contributed by atoms with Crippen molar-refractivity contribution in [2.75, 3.05) is 32.8 Å². The molecule has 4 heteroatoms. The molecular weight excluding hydrogens is 327 g/mol. The van der Waals surface area contributed by atoms with Crippen LogP contribution in [0.4, 0.5) is 4.39 Å². The molecule has 1 aliphatic carbocycles. The van der Waals surface area contributed by atoms with E-state index < -0.39 is 0 Å². The number of fused-ring (bicyclic) bond motifs is 5. The summed E-state index contributed by atoms with van der Waals surface area (Å²) in [5, 5.41) is 3.86. The van der Waals surface area contributed by atoms with Crippen LogP contribution >= 0.6 is 0 Å². The molecule has 0 bridgehead atoms. The van der Waals surface area contributed by atoms with Crippen molar-refractivity contribution < 1.29 is 9.13 Å². The van der Waals surface area contributed by atoms with E-state index in [1.54, 1.807) is 12.1 Å². The molecule has 5 rings (SSSR count). The molecule has 2 aliphatic heterocycles. The number of ether oxygens (including phenoxy) is 1. The Morgan fingerprint density at radius 1 is 1.04 bits per heavy atom. The minimum Gasteiger partial charge on any atom is -0.379 e. The SMILES string of the molecule is Fc1ccc2c(c1)[C@H]1N[C@@H](CN3CCOCC3)C[C@@H]1c1ccccc1C2. The number of morpholine rings is 1. The van der Waals surface area contributed by atoms with Gasteiger partial charge in [-0.2, -0.15) is 0 Å². The van der Waals surface area contributed by atoms with Gasteiger partial charge in [0.25, 0.3) is 0 Å². The Balaban J connectivity index is 1.48. The van der Waals surface area contributed by atoms with Gasteiger partial charge in [0.1, 0.15) is 5.82 Å². The van der Waals surface area contributed by atoms with Gasteiger partial charge in [0, 0.05) is 37.6 Å². The fourth-order valence-corrected chi connectivity index (χ4v) is 4.99. The molecule has 2 aromatic rings. The number of nitrogens with one attached hydrogen (secondary N) is 1. The van der Waals surface area contributed by atoms with Crippen LogP contribution < -0.4 is 5.32 Å². The monoisotopic (exact) mass is 352 g/mol. The molecule has 2 heterocycles. The van der Waals surface area contributed by atoms with Gasteiger partial charge in [-0.05, 0) is 47.2 Å². The summed E-state index contributed by atoms with van der Waals surface area (Å²) in [5.74, 6) is 0.284. The van der Waals surface area contributed by atoms with Crippen LogP contribution in [-0.2, 0) is 11.2 Å². The summed E-state index contributed by atoms with van der Waals surface area (Å²) in [6, 6.07) is 14.7. The first-order chi connectivity index (χ1) is 12.8. The van der Waals surface area contributed by atoms with E-state index in [9.17, 15) is 4.39 Å². The van der Waals surface area contributed by atoms with Crippen LogP contribution in [0.25, 0.3) is 0 Å². The van der Waals surface area contributed by atoms with E-state index in [1.807, 2.05) is 6.07 Å². The van der Waals surface area contributed by atoms with E-state index in [0.29, 0.717) is 12.0 Å². The maximum atomic E-state index is 14.0. The third-order valence-electron chi connectivity index (χ3n) is 6.22. The topological polar surface area (TPSA) is 24.5 Å². The van der Waals surface area contributed by atoms with Gasteiger partial charge >= 0.3 is 0 Å². The second-order valence-corrected chi connectivity index (χ2v) is 7.82. The Morgan fingerprint density at radius 2 is 1.85 bits per heavy atom. The summed E-state index contributed by atoms with van der Waals surface area (Å²) in [6.45, 7) is 4.72. The van der Waals surface area contributed by atoms with Crippen molar-refractivity contribution in [2.24, 2.45) is 0 Å². The van der Waals surface area contributed by atoms with Gasteiger partial charge in [0.2, 0.25) is 0 Å². The Labute approximate surface area is 154 Å². The predicted octanol–water partition coefficient (Wildman–Crippen LogP) is 3.25. The van der Waals surface area contributed by atoms with Gasteiger partial charge < -0.3 is 10.1 Å². The maximum Gasteiger partial charge on any atom is 0.123 e. The van der Waals surface area contributed by atoms with Crippen LogP contribution in [0.1, 0.15) is 40.6 Å². The molecule has 3 aliphatic rings. The molecule has 0 amide bonds. The zero-order chi connectivity index (χ0) is 17.5. The highest BCUT2D eigenvalue weighted by Gasteiger charge is 2.39. The molecule has 0 radical (unpaired) electrons. The highest BCUT2D eigenvalue weighted by Crippen LogP contribution is 2.45. The molecule has 3 nitrogen and oxygen atoms in total. The number of hydrogen-bond donors (Lipinski definition) is 1. The Hall–Kier alpha value is -1.75. The van der Waals surface area contributed by atoms with E-state index in [0.717, 1.165) is 51.3 Å². The molecule has 136 valence electrons. The molecule has 1 N–H and O–H groups in total. The van der Waals surface area contributed by atoms with Gasteiger partial charge in [0.05, 0.1) is 13.2 Å². The standard InChI is InChI=1S/C22H25FN2O/c23-17-6-5-16-11-15-3-1-2-4-19(15)21-13-18(24-22(21)20(16)12-17)14-25-7-9-26-10-8-25/h1-6,12,18,21-22,24H,7-11,13-14H2/t18-,21-,22-/m1/s1. The lowest BCUT2D eigenvalue weighted by Gasteiger charge is -2.29. The van der Waals surface area contributed by atoms with E-state index in [2.05, 4.69) is 34.5 Å². The molecule has 2 saturated heterocycles. The molecule has 3 atom stereocenters. The molecule has 26 heavy (non-hydrogen) atoms. The number of halogens is 1. The smallest absolute Gasteiger partial charge is 0.123 e. The van der Waals surface area contributed by atoms with Crippen LogP contribution in [0, 0.1) is 5.82 Å². The highest BCUT2D eigenvalue weighted by atomic mass is 19.1. The summed E-state index contributed by atoms with van der Waals surface area (Å²) in [4.78, 5) is 2.49. The first kappa shape index (κ1) is 16.4. The zero-order valence-electron chi connectivity index (χ0n) is 15.0. The van der Waals surface area contributed by atoms with Crippen molar-refractivity contribution in [2.45, 2.75) is 30.8 Å². The van der Waals surface area contributed by atoms with E-state index >= 15 is 0 Å². The fraction of sp³-hybridized carbons (Fsp3) is 0.455. The minimum absolute atomic E-state index is 0.133. The lowest BCUT2D eigenvalue weighted by Crippen LogP contribution is -2.43. The van der Waals surface area contributed by atoms with Crippen molar-refractivity contribution in [1.29, 1.82) is 0 Å². The molecule has 0 saturated carbocycles. The fourth-order valence-electron chi connectivity index (χ4n) is 4.99. The van der Waals surface area contributed by atoms with Crippen molar-refractivity contribution in [1.82, 2.24) is 10.2 Å². The van der Waals surface area contributed by atoms with Crippen molar-refractivity contribution >= 4 is 0 Å². The second kappa shape index (κ2) is 6.76. The summed E-state index contributed by atoms with van der Waals surface area (Å²) < 4.78 is 19.5. The third kappa shape index (κ3) is 2.96. The molecule has 0 unspecified atom stereocenters. The van der Waals surface area contributed by atoms with Crippen LogP contribution in [0.2, 0.25) is 0 Å². The third-order valence-corrected chi connectivity index (χ3v) is 6.22. The predicted molar refractivity (Wildman–Crippen MR) is 99.9 cm³/mol. The maximum absolute atomic E-state index is 14.0. The first-order valence-electron chi connectivity index (χ1n) is 9.70. The van der Waals surface area contributed by atoms with E-state index in [1.165, 1.54) is 16.7 Å². The van der Waals surface area contributed by atoms with Crippen molar-refractivity contribution in [3.8, 4) is 0 Å². The quantitative estimate of drug-likeness (QED) is 0.898. The molecule has 0 aromatic heterocycles. The molecule has 2 aromatic carbocycles. The largest absolute Gasteiger partial charge is 0.379 e. The summed E-state index contributed by atoms with van der Waals surface area (Å²) >= 11 is 0. The Kier molecular flexibility index (Phi) is 4.27. The van der Waals surface area contributed by atoms with Crippen molar-refractivity contribution in [3.05, 3.63) is 70.5 Å². The number of rotatable bonds is 2. The summed E-state index contributed by atoms with van der Waals surface area (Å²) in [7, 11) is 0. The number of nitrogens with zero attached hydrogens (tertiary/aromatic N) is 1. The average molecular weight is 352 g/mol. The van der Waals surface area contributed by atoms with Crippen LogP contribution in [0.3, 0.4) is 0 Å². The lowest BCUT2D eigenvalue weighted by molar-refractivity contribution is 0.0342. The van der Waals surface area contributed by atoms with Crippen molar-refractivity contribution in [3.63, 3.8) is 0 Å². The first-order valence-corrected chi connectivity index (χ1v) is 9.70. The summed E-state index contributed by atoms with van der Waals surface area (Å²) in [5.41, 5.74) is 5.23. The lowest BCUT2D eigenvalue weighted by atomic mass is 9.87. The second-order valence-electron chi connectivity index (χ2n) is 7.82. The number of hydrogen-bond acceptors (Lipinski definition) is 3. The minimum atomic E-state index is -0.133. The van der Waals surface area contributed by atoms with Gasteiger partial charge in [-0.25, -0.2) is 4.39 Å². The van der Waals surface area contributed by atoms with Gasteiger partial charge in [0.15, 0.2) is 0 Å². The Morgan fingerprint density at radius 3 is 2.73 bits per heavy atom. The zero-order valence-corrected chi connectivity index (χ0v) is 15.0. The number of benzene rings is 2. The molecular formula is C22H25FN2O. The average Bonchev–Trinajstić information content (AvgIpc) is 3.03. The van der Waals surface area contributed by atoms with Crippen LogP contribution in [-0.4, -0.2) is 43.8 Å². The van der Waals surface area contributed by atoms with E-state index in [4.69, 9.17) is 4.74 Å². The van der Waals surface area contributed by atoms with Gasteiger partial charge in [-0.1, -0.05) is 30.3 Å².